The zero-order valence-electron chi connectivity index (χ0n) is 11.1. The van der Waals surface area contributed by atoms with Gasteiger partial charge in [-0.05, 0) is 44.0 Å². The molecule has 0 saturated heterocycles. The molecule has 0 spiro atoms. The zero-order chi connectivity index (χ0) is 13.4. The molecule has 4 heteroatoms. The predicted octanol–water partition coefficient (Wildman–Crippen LogP) is 2.08. The summed E-state index contributed by atoms with van der Waals surface area (Å²) in [5.41, 5.74) is 3.08. The monoisotopic (exact) mass is 247 g/mol. The average Bonchev–Trinajstić information content (AvgIpc) is 2.62. The van der Waals surface area contributed by atoms with Crippen LogP contribution >= 0.6 is 0 Å². The van der Waals surface area contributed by atoms with E-state index in [4.69, 9.17) is 4.74 Å². The van der Waals surface area contributed by atoms with E-state index in [9.17, 15) is 9.59 Å². The third-order valence-electron chi connectivity index (χ3n) is 3.15. The highest BCUT2D eigenvalue weighted by molar-refractivity contribution is 6.06. The zero-order valence-corrected chi connectivity index (χ0v) is 11.1. The van der Waals surface area contributed by atoms with Crippen molar-refractivity contribution in [2.24, 2.45) is 0 Å². The fourth-order valence-electron chi connectivity index (χ4n) is 2.43. The molecule has 18 heavy (non-hydrogen) atoms. The van der Waals surface area contributed by atoms with Crippen LogP contribution in [0.25, 0.3) is 0 Å². The van der Waals surface area contributed by atoms with Gasteiger partial charge in [-0.1, -0.05) is 0 Å². The quantitative estimate of drug-likeness (QED) is 0.752. The van der Waals surface area contributed by atoms with Crippen molar-refractivity contribution in [3.63, 3.8) is 0 Å². The smallest absolute Gasteiger partial charge is 0.338 e. The predicted molar refractivity (Wildman–Crippen MR) is 68.8 cm³/mol. The molecule has 0 bridgehead atoms. The van der Waals surface area contributed by atoms with Gasteiger partial charge < -0.3 is 9.64 Å². The number of hydrogen-bond donors (Lipinski definition) is 0. The molecule has 1 heterocycles. The molecule has 1 aliphatic rings. The molecular weight excluding hydrogens is 230 g/mol. The van der Waals surface area contributed by atoms with Gasteiger partial charge in [0.25, 0.3) is 0 Å². The highest BCUT2D eigenvalue weighted by Gasteiger charge is 2.33. The summed E-state index contributed by atoms with van der Waals surface area (Å²) in [5.74, 6) is -0.343. The second-order valence-corrected chi connectivity index (χ2v) is 4.84. The molecule has 0 aromatic heterocycles. The van der Waals surface area contributed by atoms with Crippen LogP contribution in [0.5, 0.6) is 0 Å². The van der Waals surface area contributed by atoms with Gasteiger partial charge in [0.05, 0.1) is 19.1 Å². The van der Waals surface area contributed by atoms with Gasteiger partial charge in [0.1, 0.15) is 0 Å². The first-order valence-corrected chi connectivity index (χ1v) is 5.99. The number of carbonyl (C=O) groups is 2. The maximum atomic E-state index is 12.0. The third kappa shape index (κ3) is 1.88. The molecule has 0 fully saturated rings. The van der Waals surface area contributed by atoms with Gasteiger partial charge >= 0.3 is 5.97 Å². The molecule has 0 unspecified atom stereocenters. The first kappa shape index (κ1) is 12.6. The van der Waals surface area contributed by atoms with Crippen LogP contribution in [0.2, 0.25) is 0 Å². The Kier molecular flexibility index (Phi) is 3.11. The number of esters is 1. The topological polar surface area (TPSA) is 46.6 Å². The van der Waals surface area contributed by atoms with Crippen molar-refractivity contribution in [3.05, 3.63) is 28.8 Å². The maximum Gasteiger partial charge on any atom is 0.338 e. The molecule has 1 amide bonds. The summed E-state index contributed by atoms with van der Waals surface area (Å²) in [5, 5.41) is 0. The molecule has 1 aromatic carbocycles. The fraction of sp³-hybridized carbons (Fsp3) is 0.429. The largest absolute Gasteiger partial charge is 0.465 e. The van der Waals surface area contributed by atoms with Crippen LogP contribution in [-0.4, -0.2) is 25.0 Å². The van der Waals surface area contributed by atoms with Crippen LogP contribution in [0, 0.1) is 6.92 Å². The van der Waals surface area contributed by atoms with E-state index in [1.807, 2.05) is 26.8 Å². The number of rotatable bonds is 2. The molecular formula is C14H17NO3. The Bertz CT molecular complexity index is 520. The van der Waals surface area contributed by atoms with Gasteiger partial charge in [-0.25, -0.2) is 4.79 Å². The van der Waals surface area contributed by atoms with Crippen LogP contribution < -0.4 is 4.90 Å². The summed E-state index contributed by atoms with van der Waals surface area (Å²) in [6, 6.07) is 3.82. The van der Waals surface area contributed by atoms with Gasteiger partial charge in [-0.3, -0.25) is 4.79 Å². The summed E-state index contributed by atoms with van der Waals surface area (Å²) < 4.78 is 4.78. The first-order chi connectivity index (χ1) is 8.45. The lowest BCUT2D eigenvalue weighted by Gasteiger charge is -2.22. The lowest BCUT2D eigenvalue weighted by Crippen LogP contribution is -2.33. The molecule has 1 aliphatic heterocycles. The summed E-state index contributed by atoms with van der Waals surface area (Å²) in [6.45, 7) is 5.84. The number of hydrogen-bond acceptors (Lipinski definition) is 3. The minimum Gasteiger partial charge on any atom is -0.465 e. The Morgan fingerprint density at radius 3 is 2.61 bits per heavy atom. The summed E-state index contributed by atoms with van der Waals surface area (Å²) in [4.78, 5) is 25.5. The molecule has 96 valence electrons. The van der Waals surface area contributed by atoms with Crippen molar-refractivity contribution in [1.29, 1.82) is 0 Å². The normalized spacial score (nSPS) is 14.1. The van der Waals surface area contributed by atoms with E-state index in [0.29, 0.717) is 5.56 Å². The molecule has 4 nitrogen and oxygen atoms in total. The van der Waals surface area contributed by atoms with Crippen LogP contribution in [0.3, 0.4) is 0 Å². The Hall–Kier alpha value is -1.84. The number of methoxy groups -OCH3 is 1. The van der Waals surface area contributed by atoms with Gasteiger partial charge in [0, 0.05) is 11.7 Å². The molecule has 0 saturated carbocycles. The number of carbonyl (C=O) groups excluding carboxylic acids is 2. The van der Waals surface area contributed by atoms with Crippen molar-refractivity contribution < 1.29 is 14.3 Å². The van der Waals surface area contributed by atoms with Crippen molar-refractivity contribution in [2.75, 3.05) is 12.0 Å². The summed E-state index contributed by atoms with van der Waals surface area (Å²) >= 11 is 0. The van der Waals surface area contributed by atoms with Crippen molar-refractivity contribution >= 4 is 17.6 Å². The van der Waals surface area contributed by atoms with E-state index < -0.39 is 0 Å². The summed E-state index contributed by atoms with van der Waals surface area (Å²) in [7, 11) is 1.36. The number of nitrogens with zero attached hydrogens (tertiary/aromatic N) is 1. The lowest BCUT2D eigenvalue weighted by molar-refractivity contribution is -0.117. The number of aryl methyl sites for hydroxylation is 1. The highest BCUT2D eigenvalue weighted by Crippen LogP contribution is 2.34. The van der Waals surface area contributed by atoms with E-state index in [0.717, 1.165) is 16.8 Å². The van der Waals surface area contributed by atoms with E-state index in [1.54, 1.807) is 11.0 Å². The molecule has 0 atom stereocenters. The number of anilines is 1. The minimum atomic E-state index is -0.381. The van der Waals surface area contributed by atoms with Crippen LogP contribution in [0.1, 0.15) is 35.3 Å². The highest BCUT2D eigenvalue weighted by atomic mass is 16.5. The molecule has 0 aliphatic carbocycles. The third-order valence-corrected chi connectivity index (χ3v) is 3.15. The SMILES string of the molecule is COC(=O)c1cc(C)cc2c1CC(=O)N2C(C)C. The van der Waals surface area contributed by atoms with E-state index in [1.165, 1.54) is 7.11 Å². The Morgan fingerprint density at radius 1 is 1.39 bits per heavy atom. The molecule has 1 aromatic rings. The Labute approximate surface area is 107 Å². The summed E-state index contributed by atoms with van der Waals surface area (Å²) in [6.07, 6.45) is 0.276. The van der Waals surface area contributed by atoms with Gasteiger partial charge in [-0.15, -0.1) is 0 Å². The maximum absolute atomic E-state index is 12.0. The second-order valence-electron chi connectivity index (χ2n) is 4.84. The number of benzene rings is 1. The van der Waals surface area contributed by atoms with E-state index in [-0.39, 0.29) is 24.3 Å². The number of fused-ring (bicyclic) bond motifs is 1. The van der Waals surface area contributed by atoms with Gasteiger partial charge in [0.2, 0.25) is 5.91 Å². The fourth-order valence-corrected chi connectivity index (χ4v) is 2.43. The second kappa shape index (κ2) is 4.44. The van der Waals surface area contributed by atoms with E-state index in [2.05, 4.69) is 0 Å². The van der Waals surface area contributed by atoms with Crippen molar-refractivity contribution in [3.8, 4) is 0 Å². The molecule has 0 radical (unpaired) electrons. The van der Waals surface area contributed by atoms with Gasteiger partial charge in [0.15, 0.2) is 0 Å². The number of amides is 1. The van der Waals surface area contributed by atoms with E-state index >= 15 is 0 Å². The van der Waals surface area contributed by atoms with Crippen molar-refractivity contribution in [2.45, 2.75) is 33.2 Å². The van der Waals surface area contributed by atoms with Crippen LogP contribution in [-0.2, 0) is 16.0 Å². The number of ether oxygens (including phenoxy) is 1. The van der Waals surface area contributed by atoms with Crippen LogP contribution in [0.15, 0.2) is 12.1 Å². The first-order valence-electron chi connectivity index (χ1n) is 5.99. The molecule has 0 N–H and O–H groups in total. The van der Waals surface area contributed by atoms with Crippen molar-refractivity contribution in [1.82, 2.24) is 0 Å². The standard InChI is InChI=1S/C14H17NO3/c1-8(2)15-12-6-9(3)5-11(14(17)18-4)10(12)7-13(15)16/h5-6,8H,7H2,1-4H3. The van der Waals surface area contributed by atoms with Gasteiger partial charge in [-0.2, -0.15) is 0 Å². The Balaban J connectivity index is 2.61. The minimum absolute atomic E-state index is 0.0377. The average molecular weight is 247 g/mol. The Morgan fingerprint density at radius 2 is 2.06 bits per heavy atom. The lowest BCUT2D eigenvalue weighted by atomic mass is 10.0. The van der Waals surface area contributed by atoms with Crippen LogP contribution in [0.4, 0.5) is 5.69 Å². The molecule has 2 rings (SSSR count).